The van der Waals surface area contributed by atoms with Gasteiger partial charge in [-0.2, -0.15) is 0 Å². The topological polar surface area (TPSA) is 38.4 Å². The van der Waals surface area contributed by atoms with Crippen molar-refractivity contribution in [2.45, 2.75) is 6.92 Å². The molecule has 0 amide bonds. The van der Waals surface area contributed by atoms with Crippen LogP contribution in [-0.4, -0.2) is 6.21 Å². The van der Waals surface area contributed by atoms with Gasteiger partial charge in [0, 0.05) is 11.9 Å². The lowest BCUT2D eigenvalue weighted by Crippen LogP contribution is -1.96. The zero-order valence-corrected chi connectivity index (χ0v) is 10.4. The van der Waals surface area contributed by atoms with Crippen LogP contribution >= 0.6 is 0 Å². The molecule has 0 bridgehead atoms. The van der Waals surface area contributed by atoms with Gasteiger partial charge < -0.3 is 5.73 Å². The Labute approximate surface area is 107 Å². The van der Waals surface area contributed by atoms with Crippen molar-refractivity contribution in [3.8, 4) is 0 Å². The summed E-state index contributed by atoms with van der Waals surface area (Å²) in [6.07, 6.45) is 3.54. The molecule has 2 aromatic carbocycles. The highest BCUT2D eigenvalue weighted by Crippen LogP contribution is 2.11. The zero-order chi connectivity index (χ0) is 12.8. The molecule has 2 N–H and O–H groups in total. The summed E-state index contributed by atoms with van der Waals surface area (Å²) < 4.78 is 0. The van der Waals surface area contributed by atoms with Gasteiger partial charge in [-0.3, -0.25) is 4.99 Å². The van der Waals surface area contributed by atoms with Gasteiger partial charge in [0.15, 0.2) is 0 Å². The SMILES string of the molecule is Cc1ccc(C(N)=CC=Nc2ccccc2)cc1. The van der Waals surface area contributed by atoms with Crippen LogP contribution in [0.4, 0.5) is 5.69 Å². The predicted molar refractivity (Wildman–Crippen MR) is 77.9 cm³/mol. The van der Waals surface area contributed by atoms with Gasteiger partial charge in [-0.15, -0.1) is 0 Å². The highest BCUT2D eigenvalue weighted by Gasteiger charge is 1.93. The smallest absolute Gasteiger partial charge is 0.0629 e. The number of benzene rings is 2. The van der Waals surface area contributed by atoms with E-state index in [1.807, 2.05) is 60.7 Å². The lowest BCUT2D eigenvalue weighted by molar-refractivity contribution is 1.43. The number of hydrogen-bond acceptors (Lipinski definition) is 2. The van der Waals surface area contributed by atoms with Crippen LogP contribution < -0.4 is 5.73 Å². The van der Waals surface area contributed by atoms with Crippen molar-refractivity contribution in [3.05, 3.63) is 71.8 Å². The number of nitrogens with zero attached hydrogens (tertiary/aromatic N) is 1. The Morgan fingerprint density at radius 3 is 2.33 bits per heavy atom. The average Bonchev–Trinajstić information content (AvgIpc) is 2.40. The Hall–Kier alpha value is -2.35. The Bertz CT molecular complexity index is 551. The van der Waals surface area contributed by atoms with Gasteiger partial charge in [-0.05, 0) is 30.7 Å². The van der Waals surface area contributed by atoms with E-state index >= 15 is 0 Å². The van der Waals surface area contributed by atoms with Crippen LogP contribution in [0, 0.1) is 6.92 Å². The number of nitrogens with two attached hydrogens (primary N) is 1. The summed E-state index contributed by atoms with van der Waals surface area (Å²) in [4.78, 5) is 4.31. The summed E-state index contributed by atoms with van der Waals surface area (Å²) in [5.74, 6) is 0. The molecule has 0 aromatic heterocycles. The van der Waals surface area contributed by atoms with Gasteiger partial charge in [0.2, 0.25) is 0 Å². The minimum absolute atomic E-state index is 0.717. The Morgan fingerprint density at radius 2 is 1.67 bits per heavy atom. The molecule has 0 unspecified atom stereocenters. The molecule has 18 heavy (non-hydrogen) atoms. The number of aryl methyl sites for hydroxylation is 1. The molecule has 0 aliphatic rings. The number of aliphatic imine (C=N–C) groups is 1. The van der Waals surface area contributed by atoms with Crippen LogP contribution in [0.15, 0.2) is 65.7 Å². The minimum atomic E-state index is 0.717. The Kier molecular flexibility index (Phi) is 3.92. The maximum atomic E-state index is 5.98. The first kappa shape index (κ1) is 12.1. The third kappa shape index (κ3) is 3.32. The molecule has 2 nitrogen and oxygen atoms in total. The van der Waals surface area contributed by atoms with E-state index in [1.54, 1.807) is 6.21 Å². The van der Waals surface area contributed by atoms with Crippen LogP contribution in [-0.2, 0) is 0 Å². The molecule has 0 saturated heterocycles. The van der Waals surface area contributed by atoms with E-state index in [0.29, 0.717) is 0 Å². The molecule has 2 rings (SSSR count). The monoisotopic (exact) mass is 236 g/mol. The van der Waals surface area contributed by atoms with Crippen molar-refractivity contribution in [2.24, 2.45) is 10.7 Å². The Morgan fingerprint density at radius 1 is 1.00 bits per heavy atom. The van der Waals surface area contributed by atoms with Crippen LogP contribution in [0.5, 0.6) is 0 Å². The second-order valence-electron chi connectivity index (χ2n) is 4.10. The quantitative estimate of drug-likeness (QED) is 0.811. The summed E-state index contributed by atoms with van der Waals surface area (Å²) in [6.45, 7) is 2.06. The molecule has 2 aromatic rings. The van der Waals surface area contributed by atoms with E-state index < -0.39 is 0 Å². The van der Waals surface area contributed by atoms with Crippen molar-refractivity contribution in [3.63, 3.8) is 0 Å². The molecule has 0 fully saturated rings. The van der Waals surface area contributed by atoms with Crippen molar-refractivity contribution in [2.75, 3.05) is 0 Å². The van der Waals surface area contributed by atoms with Crippen molar-refractivity contribution in [1.82, 2.24) is 0 Å². The number of rotatable bonds is 3. The third-order valence-corrected chi connectivity index (χ3v) is 2.62. The lowest BCUT2D eigenvalue weighted by Gasteiger charge is -2.00. The maximum absolute atomic E-state index is 5.98. The van der Waals surface area contributed by atoms with Gasteiger partial charge in [0.1, 0.15) is 0 Å². The number of hydrogen-bond donors (Lipinski definition) is 1. The van der Waals surface area contributed by atoms with Crippen LogP contribution in [0.1, 0.15) is 11.1 Å². The maximum Gasteiger partial charge on any atom is 0.0629 e. The van der Waals surface area contributed by atoms with Gasteiger partial charge in [-0.25, -0.2) is 0 Å². The number of para-hydroxylation sites is 1. The fraction of sp³-hybridized carbons (Fsp3) is 0.0625. The third-order valence-electron chi connectivity index (χ3n) is 2.62. The highest BCUT2D eigenvalue weighted by atomic mass is 14.7. The van der Waals surface area contributed by atoms with Crippen LogP contribution in [0.3, 0.4) is 0 Å². The van der Waals surface area contributed by atoms with E-state index in [1.165, 1.54) is 5.56 Å². The average molecular weight is 236 g/mol. The van der Waals surface area contributed by atoms with E-state index in [0.717, 1.165) is 16.9 Å². The van der Waals surface area contributed by atoms with Crippen molar-refractivity contribution >= 4 is 17.6 Å². The van der Waals surface area contributed by atoms with Crippen LogP contribution in [0.2, 0.25) is 0 Å². The first-order valence-corrected chi connectivity index (χ1v) is 5.87. The van der Waals surface area contributed by atoms with Gasteiger partial charge in [-0.1, -0.05) is 48.0 Å². The van der Waals surface area contributed by atoms with Crippen molar-refractivity contribution < 1.29 is 0 Å². The first-order valence-electron chi connectivity index (χ1n) is 5.87. The van der Waals surface area contributed by atoms with E-state index in [9.17, 15) is 0 Å². The summed E-state index contributed by atoms with van der Waals surface area (Å²) in [5.41, 5.74) is 9.86. The standard InChI is InChI=1S/C16H16N2/c1-13-7-9-14(10-8-13)16(17)11-12-18-15-5-3-2-4-6-15/h2-12H,17H2,1H3. The lowest BCUT2D eigenvalue weighted by atomic mass is 10.1. The summed E-state index contributed by atoms with van der Waals surface area (Å²) in [6, 6.07) is 17.9. The molecule has 0 saturated carbocycles. The molecular weight excluding hydrogens is 220 g/mol. The highest BCUT2D eigenvalue weighted by molar-refractivity contribution is 5.84. The second kappa shape index (κ2) is 5.82. The zero-order valence-electron chi connectivity index (χ0n) is 10.4. The Balaban J connectivity index is 2.10. The fourth-order valence-electron chi connectivity index (χ4n) is 1.56. The first-order chi connectivity index (χ1) is 8.75. The normalized spacial score (nSPS) is 11.9. The van der Waals surface area contributed by atoms with E-state index in [-0.39, 0.29) is 0 Å². The molecule has 0 spiro atoms. The van der Waals surface area contributed by atoms with Gasteiger partial charge in [0.05, 0.1) is 5.69 Å². The minimum Gasteiger partial charge on any atom is -0.398 e. The predicted octanol–water partition coefficient (Wildman–Crippen LogP) is 3.70. The van der Waals surface area contributed by atoms with E-state index in [2.05, 4.69) is 11.9 Å². The molecular formula is C16H16N2. The summed E-state index contributed by atoms with van der Waals surface area (Å²) >= 11 is 0. The summed E-state index contributed by atoms with van der Waals surface area (Å²) in [7, 11) is 0. The molecule has 0 aliphatic carbocycles. The summed E-state index contributed by atoms with van der Waals surface area (Å²) in [5, 5.41) is 0. The fourth-order valence-corrected chi connectivity index (χ4v) is 1.56. The van der Waals surface area contributed by atoms with Gasteiger partial charge in [0.25, 0.3) is 0 Å². The molecule has 0 radical (unpaired) electrons. The van der Waals surface area contributed by atoms with E-state index in [4.69, 9.17) is 5.73 Å². The molecule has 0 aliphatic heterocycles. The molecule has 90 valence electrons. The van der Waals surface area contributed by atoms with Crippen LogP contribution in [0.25, 0.3) is 5.70 Å². The molecule has 0 atom stereocenters. The molecule has 0 heterocycles. The number of allylic oxidation sites excluding steroid dienone is 1. The van der Waals surface area contributed by atoms with Gasteiger partial charge >= 0.3 is 0 Å². The van der Waals surface area contributed by atoms with Crippen molar-refractivity contribution in [1.29, 1.82) is 0 Å². The largest absolute Gasteiger partial charge is 0.398 e. The molecule has 2 heteroatoms. The second-order valence-corrected chi connectivity index (χ2v) is 4.10.